The molecule has 3 aromatic rings. The molecule has 0 amide bonds. The molecule has 0 radical (unpaired) electrons. The van der Waals surface area contributed by atoms with E-state index < -0.39 is 5.56 Å². The Morgan fingerprint density at radius 3 is 2.18 bits per heavy atom. The molecule has 0 aliphatic heterocycles. The summed E-state index contributed by atoms with van der Waals surface area (Å²) in [6.07, 6.45) is 0.856. The Morgan fingerprint density at radius 2 is 1.55 bits per heavy atom. The van der Waals surface area contributed by atoms with E-state index in [0.29, 0.717) is 5.82 Å². The van der Waals surface area contributed by atoms with Crippen LogP contribution >= 0.6 is 0 Å². The molecular weight excluding hydrogens is 276 g/mol. The summed E-state index contributed by atoms with van der Waals surface area (Å²) in [7, 11) is 0. The lowest BCUT2D eigenvalue weighted by atomic mass is 10.0. The summed E-state index contributed by atoms with van der Waals surface area (Å²) in [6.45, 7) is 0. The summed E-state index contributed by atoms with van der Waals surface area (Å²) in [6, 6.07) is 18.1. The van der Waals surface area contributed by atoms with Crippen molar-refractivity contribution in [3.8, 4) is 11.4 Å². The topological polar surface area (TPSA) is 97.8 Å². The van der Waals surface area contributed by atoms with Crippen LogP contribution in [0.1, 0.15) is 11.1 Å². The second-order valence-corrected chi connectivity index (χ2v) is 5.07. The molecule has 5 N–H and O–H groups in total. The number of rotatable bonds is 3. The molecule has 110 valence electrons. The average molecular weight is 292 g/mol. The summed E-state index contributed by atoms with van der Waals surface area (Å²) in [4.78, 5) is 18.4. The normalized spacial score (nSPS) is 10.5. The van der Waals surface area contributed by atoms with Crippen LogP contribution in [-0.4, -0.2) is 9.97 Å². The molecule has 2 aromatic carbocycles. The van der Waals surface area contributed by atoms with Gasteiger partial charge in [0.2, 0.25) is 0 Å². The van der Waals surface area contributed by atoms with E-state index in [4.69, 9.17) is 11.5 Å². The van der Waals surface area contributed by atoms with E-state index in [9.17, 15) is 4.79 Å². The number of nitrogen functional groups attached to an aromatic ring is 2. The molecule has 22 heavy (non-hydrogen) atoms. The van der Waals surface area contributed by atoms with Crippen LogP contribution in [-0.2, 0) is 6.42 Å². The van der Waals surface area contributed by atoms with Crippen molar-refractivity contribution in [3.63, 3.8) is 0 Å². The number of hydrogen-bond donors (Lipinski definition) is 3. The summed E-state index contributed by atoms with van der Waals surface area (Å²) >= 11 is 0. The van der Waals surface area contributed by atoms with Crippen LogP contribution < -0.4 is 17.0 Å². The molecule has 0 atom stereocenters. The van der Waals surface area contributed by atoms with E-state index in [2.05, 4.69) is 22.1 Å². The number of H-pyrrole nitrogens is 1. The number of anilines is 2. The predicted molar refractivity (Wildman–Crippen MR) is 88.4 cm³/mol. The van der Waals surface area contributed by atoms with E-state index in [1.54, 1.807) is 0 Å². The number of benzene rings is 2. The first-order chi connectivity index (χ1) is 10.6. The molecular formula is C17H16N4O. The lowest BCUT2D eigenvalue weighted by molar-refractivity contribution is 1.14. The molecule has 3 rings (SSSR count). The van der Waals surface area contributed by atoms with Crippen LogP contribution in [0.2, 0.25) is 0 Å². The maximum absolute atomic E-state index is 11.6. The number of nitrogens with zero attached hydrogens (tertiary/aromatic N) is 1. The zero-order valence-electron chi connectivity index (χ0n) is 11.9. The van der Waals surface area contributed by atoms with E-state index in [0.717, 1.165) is 12.0 Å². The van der Waals surface area contributed by atoms with Crippen LogP contribution in [0.5, 0.6) is 0 Å². The predicted octanol–water partition coefficient (Wildman–Crippen LogP) is 2.19. The van der Waals surface area contributed by atoms with Crippen molar-refractivity contribution in [3.05, 3.63) is 76.1 Å². The monoisotopic (exact) mass is 292 g/mol. The number of nitrogens with one attached hydrogen (secondary N) is 1. The first-order valence-corrected chi connectivity index (χ1v) is 6.92. The molecule has 0 aliphatic rings. The summed E-state index contributed by atoms with van der Waals surface area (Å²) in [5.74, 6) is 0.468. The maximum atomic E-state index is 11.6. The van der Waals surface area contributed by atoms with Gasteiger partial charge in [0.25, 0.3) is 5.56 Å². The van der Waals surface area contributed by atoms with Gasteiger partial charge < -0.3 is 16.5 Å². The molecule has 5 nitrogen and oxygen atoms in total. The molecule has 1 heterocycles. The second kappa shape index (κ2) is 5.73. The first-order valence-electron chi connectivity index (χ1n) is 6.92. The standard InChI is InChI=1S/C17H16N4O/c18-14-15(19)20-16(21-17(14)22)13-8-6-12(7-9-13)10-11-4-2-1-3-5-11/h1-9H,10,18H2,(H3,19,20,21,22). The van der Waals surface area contributed by atoms with Gasteiger partial charge >= 0.3 is 0 Å². The van der Waals surface area contributed by atoms with Crippen molar-refractivity contribution in [2.45, 2.75) is 6.42 Å². The van der Waals surface area contributed by atoms with Crippen LogP contribution in [0.15, 0.2) is 59.4 Å². The van der Waals surface area contributed by atoms with E-state index in [1.807, 2.05) is 42.5 Å². The molecule has 0 spiro atoms. The third kappa shape index (κ3) is 2.83. The molecule has 0 fully saturated rings. The van der Waals surface area contributed by atoms with Crippen LogP contribution in [0.3, 0.4) is 0 Å². The third-order valence-corrected chi connectivity index (χ3v) is 3.46. The summed E-state index contributed by atoms with van der Waals surface area (Å²) in [5, 5.41) is 0. The Morgan fingerprint density at radius 1 is 0.909 bits per heavy atom. The SMILES string of the molecule is Nc1nc(-c2ccc(Cc3ccccc3)cc2)[nH]c(=O)c1N. The van der Waals surface area contributed by atoms with Gasteiger partial charge in [-0.2, -0.15) is 0 Å². The molecule has 0 saturated carbocycles. The number of hydrogen-bond acceptors (Lipinski definition) is 4. The van der Waals surface area contributed by atoms with E-state index in [-0.39, 0.29) is 11.5 Å². The van der Waals surface area contributed by atoms with Crippen molar-refractivity contribution in [2.75, 3.05) is 11.5 Å². The summed E-state index contributed by atoms with van der Waals surface area (Å²) in [5.41, 5.74) is 13.9. The average Bonchev–Trinajstić information content (AvgIpc) is 2.54. The fraction of sp³-hybridized carbons (Fsp3) is 0.0588. The quantitative estimate of drug-likeness (QED) is 0.689. The summed E-state index contributed by atoms with van der Waals surface area (Å²) < 4.78 is 0. The zero-order chi connectivity index (χ0) is 15.5. The Bertz CT molecular complexity index is 839. The van der Waals surface area contributed by atoms with Crippen molar-refractivity contribution >= 4 is 11.5 Å². The lowest BCUT2D eigenvalue weighted by Crippen LogP contribution is -2.16. The van der Waals surface area contributed by atoms with Crippen LogP contribution in [0, 0.1) is 0 Å². The van der Waals surface area contributed by atoms with Gasteiger partial charge in [0.05, 0.1) is 0 Å². The lowest BCUT2D eigenvalue weighted by Gasteiger charge is -2.06. The number of nitrogens with two attached hydrogens (primary N) is 2. The highest BCUT2D eigenvalue weighted by atomic mass is 16.1. The maximum Gasteiger partial charge on any atom is 0.276 e. The highest BCUT2D eigenvalue weighted by Gasteiger charge is 2.07. The van der Waals surface area contributed by atoms with Gasteiger partial charge in [-0.15, -0.1) is 0 Å². The van der Waals surface area contributed by atoms with Gasteiger partial charge in [-0.05, 0) is 17.5 Å². The van der Waals surface area contributed by atoms with Gasteiger partial charge in [0.15, 0.2) is 5.82 Å². The van der Waals surface area contributed by atoms with Gasteiger partial charge in [0, 0.05) is 5.56 Å². The minimum atomic E-state index is -0.420. The van der Waals surface area contributed by atoms with Crippen molar-refractivity contribution in [2.24, 2.45) is 0 Å². The van der Waals surface area contributed by atoms with Crippen LogP contribution in [0.25, 0.3) is 11.4 Å². The van der Waals surface area contributed by atoms with E-state index >= 15 is 0 Å². The first kappa shape index (κ1) is 13.9. The zero-order valence-corrected chi connectivity index (χ0v) is 11.9. The molecule has 1 aromatic heterocycles. The fourth-order valence-corrected chi connectivity index (χ4v) is 2.25. The Hall–Kier alpha value is -3.08. The smallest absolute Gasteiger partial charge is 0.276 e. The van der Waals surface area contributed by atoms with Gasteiger partial charge in [-0.25, -0.2) is 4.98 Å². The van der Waals surface area contributed by atoms with Crippen LogP contribution in [0.4, 0.5) is 11.5 Å². The molecule has 0 unspecified atom stereocenters. The minimum absolute atomic E-state index is 0.0483. The number of aromatic nitrogens is 2. The molecule has 0 aliphatic carbocycles. The number of aromatic amines is 1. The largest absolute Gasteiger partial charge is 0.391 e. The van der Waals surface area contributed by atoms with E-state index in [1.165, 1.54) is 11.1 Å². The highest BCUT2D eigenvalue weighted by Crippen LogP contribution is 2.18. The van der Waals surface area contributed by atoms with Crippen molar-refractivity contribution in [1.82, 2.24) is 9.97 Å². The molecule has 0 bridgehead atoms. The van der Waals surface area contributed by atoms with Gasteiger partial charge in [-0.1, -0.05) is 54.6 Å². The third-order valence-electron chi connectivity index (χ3n) is 3.46. The van der Waals surface area contributed by atoms with Crippen molar-refractivity contribution in [1.29, 1.82) is 0 Å². The minimum Gasteiger partial charge on any atom is -0.391 e. The molecule has 5 heteroatoms. The van der Waals surface area contributed by atoms with Gasteiger partial charge in [-0.3, -0.25) is 4.79 Å². The fourth-order valence-electron chi connectivity index (χ4n) is 2.25. The highest BCUT2D eigenvalue weighted by molar-refractivity contribution is 5.63. The Kier molecular flexibility index (Phi) is 3.62. The van der Waals surface area contributed by atoms with Crippen molar-refractivity contribution < 1.29 is 0 Å². The second-order valence-electron chi connectivity index (χ2n) is 5.07. The Balaban J connectivity index is 1.87. The van der Waals surface area contributed by atoms with Gasteiger partial charge in [0.1, 0.15) is 11.5 Å². The Labute approximate surface area is 127 Å². The molecule has 0 saturated heterocycles.